The first-order valence-electron chi connectivity index (χ1n) is 7.85. The second kappa shape index (κ2) is 5.36. The second-order valence-corrected chi connectivity index (χ2v) is 6.17. The molecule has 0 unspecified atom stereocenters. The van der Waals surface area contributed by atoms with Crippen LogP contribution in [0.2, 0.25) is 0 Å². The molecule has 1 amide bonds. The zero-order valence-corrected chi connectivity index (χ0v) is 12.9. The number of carboxylic acid groups (broad SMARTS) is 2. The van der Waals surface area contributed by atoms with Crippen LogP contribution in [0.15, 0.2) is 12.4 Å². The fourth-order valence-corrected chi connectivity index (χ4v) is 3.52. The maximum absolute atomic E-state index is 11.3. The van der Waals surface area contributed by atoms with E-state index >= 15 is 0 Å². The van der Waals surface area contributed by atoms with E-state index in [2.05, 4.69) is 10.1 Å². The standard InChI is InChI=1S/C15H17N5O4/c21-14(22)9-7-19(8-9)13-11-2-6-18(15(23)24)5-1-10(11)12-16-3-4-17-20(12)13/h3-4,9H,1-2,5-8H2,(H,21,22)(H,23,24). The maximum Gasteiger partial charge on any atom is 0.407 e. The van der Waals surface area contributed by atoms with Crippen molar-refractivity contribution in [1.82, 2.24) is 19.5 Å². The van der Waals surface area contributed by atoms with Crippen LogP contribution in [-0.2, 0) is 17.6 Å². The average Bonchev–Trinajstić information content (AvgIpc) is 2.67. The Hall–Kier alpha value is -2.84. The van der Waals surface area contributed by atoms with Gasteiger partial charge in [0.2, 0.25) is 0 Å². The molecule has 0 aromatic carbocycles. The Morgan fingerprint density at radius 3 is 2.46 bits per heavy atom. The van der Waals surface area contributed by atoms with Gasteiger partial charge < -0.3 is 20.0 Å². The Labute approximate surface area is 137 Å². The van der Waals surface area contributed by atoms with E-state index in [0.29, 0.717) is 39.0 Å². The third kappa shape index (κ3) is 2.15. The maximum atomic E-state index is 11.3. The predicted octanol–water partition coefficient (Wildman–Crippen LogP) is 0.329. The van der Waals surface area contributed by atoms with Gasteiger partial charge in [-0.3, -0.25) is 4.79 Å². The van der Waals surface area contributed by atoms with E-state index in [1.165, 1.54) is 4.90 Å². The van der Waals surface area contributed by atoms with Crippen LogP contribution in [-0.4, -0.2) is 68.0 Å². The summed E-state index contributed by atoms with van der Waals surface area (Å²) in [4.78, 5) is 30.2. The van der Waals surface area contributed by atoms with E-state index in [1.54, 1.807) is 16.9 Å². The Balaban J connectivity index is 1.75. The molecule has 0 spiro atoms. The minimum absolute atomic E-state index is 0.371. The molecule has 126 valence electrons. The number of rotatable bonds is 2. The molecule has 1 fully saturated rings. The van der Waals surface area contributed by atoms with Crippen molar-refractivity contribution in [2.45, 2.75) is 12.8 Å². The van der Waals surface area contributed by atoms with Gasteiger partial charge in [0.25, 0.3) is 0 Å². The van der Waals surface area contributed by atoms with Gasteiger partial charge in [0.15, 0.2) is 5.65 Å². The van der Waals surface area contributed by atoms with Crippen LogP contribution in [0.5, 0.6) is 0 Å². The van der Waals surface area contributed by atoms with Crippen LogP contribution in [0, 0.1) is 5.92 Å². The third-order valence-corrected chi connectivity index (χ3v) is 4.82. The molecule has 2 aromatic heterocycles. The van der Waals surface area contributed by atoms with E-state index in [9.17, 15) is 14.7 Å². The first-order valence-corrected chi connectivity index (χ1v) is 7.85. The van der Waals surface area contributed by atoms with Gasteiger partial charge in [0, 0.05) is 43.5 Å². The highest BCUT2D eigenvalue weighted by Crippen LogP contribution is 2.35. The topological polar surface area (TPSA) is 111 Å². The first kappa shape index (κ1) is 14.7. The average molecular weight is 331 g/mol. The van der Waals surface area contributed by atoms with Crippen molar-refractivity contribution >= 4 is 23.5 Å². The summed E-state index contributed by atoms with van der Waals surface area (Å²) in [5, 5.41) is 22.7. The van der Waals surface area contributed by atoms with Crippen molar-refractivity contribution in [2.75, 3.05) is 31.1 Å². The molecule has 2 aliphatic rings. The van der Waals surface area contributed by atoms with Crippen LogP contribution in [0.1, 0.15) is 11.1 Å². The molecular formula is C15H17N5O4. The minimum Gasteiger partial charge on any atom is -0.481 e. The minimum atomic E-state index is -0.917. The summed E-state index contributed by atoms with van der Waals surface area (Å²) in [6.07, 6.45) is 3.47. The van der Waals surface area contributed by atoms with E-state index in [0.717, 1.165) is 22.6 Å². The predicted molar refractivity (Wildman–Crippen MR) is 83.3 cm³/mol. The van der Waals surface area contributed by atoms with Crippen molar-refractivity contribution in [3.8, 4) is 0 Å². The molecule has 9 heteroatoms. The molecular weight excluding hydrogens is 314 g/mol. The third-order valence-electron chi connectivity index (χ3n) is 4.82. The molecule has 9 nitrogen and oxygen atoms in total. The highest BCUT2D eigenvalue weighted by Gasteiger charge is 2.37. The van der Waals surface area contributed by atoms with Crippen LogP contribution < -0.4 is 4.90 Å². The lowest BCUT2D eigenvalue weighted by Crippen LogP contribution is -2.51. The van der Waals surface area contributed by atoms with Crippen molar-refractivity contribution in [3.05, 3.63) is 23.5 Å². The summed E-state index contributed by atoms with van der Waals surface area (Å²) in [5.41, 5.74) is 2.78. The number of hydrogen-bond acceptors (Lipinski definition) is 5. The summed E-state index contributed by atoms with van der Waals surface area (Å²) in [5.74, 6) is -0.302. The SMILES string of the molecule is O=C(O)C1CN(c2c3c(c4nccnn24)CCN(C(=O)O)CC3)C1. The number of aliphatic carboxylic acids is 1. The fraction of sp³-hybridized carbons (Fsp3) is 0.467. The zero-order valence-electron chi connectivity index (χ0n) is 12.9. The number of hydrogen-bond donors (Lipinski definition) is 2. The van der Waals surface area contributed by atoms with E-state index in [1.807, 2.05) is 4.90 Å². The second-order valence-electron chi connectivity index (χ2n) is 6.17. The van der Waals surface area contributed by atoms with Gasteiger partial charge in [0.1, 0.15) is 5.82 Å². The molecule has 0 saturated carbocycles. The normalized spacial score (nSPS) is 18.2. The molecule has 4 heterocycles. The lowest BCUT2D eigenvalue weighted by Gasteiger charge is -2.38. The molecule has 0 atom stereocenters. The molecule has 0 bridgehead atoms. The summed E-state index contributed by atoms with van der Waals surface area (Å²) in [6.45, 7) is 1.72. The Bertz CT molecular complexity index is 827. The number of nitrogens with zero attached hydrogens (tertiary/aromatic N) is 5. The van der Waals surface area contributed by atoms with E-state index < -0.39 is 12.1 Å². The fourth-order valence-electron chi connectivity index (χ4n) is 3.52. The van der Waals surface area contributed by atoms with E-state index in [4.69, 9.17) is 5.11 Å². The molecule has 0 aliphatic carbocycles. The van der Waals surface area contributed by atoms with Gasteiger partial charge in [-0.15, -0.1) is 0 Å². The van der Waals surface area contributed by atoms with Gasteiger partial charge in [-0.25, -0.2) is 9.78 Å². The quantitative estimate of drug-likeness (QED) is 0.815. The highest BCUT2D eigenvalue weighted by molar-refractivity contribution is 5.76. The van der Waals surface area contributed by atoms with Crippen LogP contribution in [0.3, 0.4) is 0 Å². The van der Waals surface area contributed by atoms with Gasteiger partial charge in [-0.2, -0.15) is 9.61 Å². The monoisotopic (exact) mass is 331 g/mol. The van der Waals surface area contributed by atoms with Crippen LogP contribution in [0.4, 0.5) is 10.6 Å². The van der Waals surface area contributed by atoms with Crippen molar-refractivity contribution < 1.29 is 19.8 Å². The molecule has 2 aliphatic heterocycles. The molecule has 2 N–H and O–H groups in total. The Morgan fingerprint density at radius 1 is 1.08 bits per heavy atom. The molecule has 1 saturated heterocycles. The number of aromatic nitrogens is 3. The lowest BCUT2D eigenvalue weighted by atomic mass is 9.99. The van der Waals surface area contributed by atoms with Crippen LogP contribution >= 0.6 is 0 Å². The number of carbonyl (C=O) groups is 2. The van der Waals surface area contributed by atoms with Gasteiger partial charge in [-0.05, 0) is 12.8 Å². The van der Waals surface area contributed by atoms with Crippen molar-refractivity contribution in [2.24, 2.45) is 5.92 Å². The lowest BCUT2D eigenvalue weighted by molar-refractivity contribution is -0.142. The Kier molecular flexibility index (Phi) is 3.29. The first-order chi connectivity index (χ1) is 11.6. The van der Waals surface area contributed by atoms with Gasteiger partial charge in [-0.1, -0.05) is 0 Å². The Morgan fingerprint density at radius 2 is 1.79 bits per heavy atom. The van der Waals surface area contributed by atoms with Crippen molar-refractivity contribution in [1.29, 1.82) is 0 Å². The smallest absolute Gasteiger partial charge is 0.407 e. The van der Waals surface area contributed by atoms with Gasteiger partial charge >= 0.3 is 12.1 Å². The summed E-state index contributed by atoms with van der Waals surface area (Å²) in [7, 11) is 0. The van der Waals surface area contributed by atoms with Crippen molar-refractivity contribution in [3.63, 3.8) is 0 Å². The number of anilines is 1. The molecule has 2 aromatic rings. The number of carboxylic acids is 1. The molecule has 0 radical (unpaired) electrons. The summed E-state index contributed by atoms with van der Waals surface area (Å²) < 4.78 is 1.76. The van der Waals surface area contributed by atoms with Gasteiger partial charge in [0.05, 0.1) is 12.1 Å². The number of fused-ring (bicyclic) bond motifs is 3. The van der Waals surface area contributed by atoms with E-state index in [-0.39, 0.29) is 5.92 Å². The number of amides is 1. The summed E-state index contributed by atoms with van der Waals surface area (Å²) in [6, 6.07) is 0. The zero-order chi connectivity index (χ0) is 16.8. The highest BCUT2D eigenvalue weighted by atomic mass is 16.4. The summed E-state index contributed by atoms with van der Waals surface area (Å²) >= 11 is 0. The largest absolute Gasteiger partial charge is 0.481 e. The molecule has 24 heavy (non-hydrogen) atoms. The van der Waals surface area contributed by atoms with Crippen LogP contribution in [0.25, 0.3) is 5.65 Å². The molecule has 4 rings (SSSR count).